The van der Waals surface area contributed by atoms with Crippen molar-refractivity contribution in [2.45, 2.75) is 12.5 Å². The maximum Gasteiger partial charge on any atom is 0.191 e. The third kappa shape index (κ3) is 6.18. The van der Waals surface area contributed by atoms with Crippen molar-refractivity contribution in [2.75, 3.05) is 38.2 Å². The number of aliphatic imine (C=N–C) groups is 1. The highest BCUT2D eigenvalue weighted by atomic mass is 127. The Hall–Kier alpha value is -2.17. The number of nitrogens with zero attached hydrogens (tertiary/aromatic N) is 3. The summed E-state index contributed by atoms with van der Waals surface area (Å²) < 4.78 is 32.5. The van der Waals surface area contributed by atoms with Gasteiger partial charge in [-0.1, -0.05) is 6.07 Å². The lowest BCUT2D eigenvalue weighted by Gasteiger charge is -2.20. The van der Waals surface area contributed by atoms with E-state index in [0.717, 1.165) is 13.0 Å². The third-order valence-electron chi connectivity index (χ3n) is 4.25. The van der Waals surface area contributed by atoms with E-state index in [-0.39, 0.29) is 41.7 Å². The number of anilines is 1. The Morgan fingerprint density at radius 3 is 2.93 bits per heavy atom. The predicted molar refractivity (Wildman–Crippen MR) is 117 cm³/mol. The number of rotatable bonds is 6. The van der Waals surface area contributed by atoms with Crippen molar-refractivity contribution >= 4 is 35.8 Å². The molecule has 152 valence electrons. The Morgan fingerprint density at radius 1 is 1.32 bits per heavy atom. The molecule has 28 heavy (non-hydrogen) atoms. The molecule has 3 rings (SSSR count). The molecule has 0 aliphatic carbocycles. The summed E-state index contributed by atoms with van der Waals surface area (Å²) in [5.41, 5.74) is 0. The fraction of sp³-hybridized carbons (Fsp3) is 0.368. The van der Waals surface area contributed by atoms with E-state index in [1.54, 1.807) is 31.4 Å². The molecule has 2 N–H and O–H groups in total. The Bertz CT molecular complexity index is 792. The second-order valence-electron chi connectivity index (χ2n) is 6.19. The molecule has 1 aliphatic heterocycles. The zero-order chi connectivity index (χ0) is 19.1. The molecule has 0 bridgehead atoms. The summed E-state index contributed by atoms with van der Waals surface area (Å²) in [6.07, 6.45) is 2.45. The van der Waals surface area contributed by atoms with Gasteiger partial charge in [0.1, 0.15) is 18.2 Å². The first-order valence-corrected chi connectivity index (χ1v) is 8.86. The summed E-state index contributed by atoms with van der Waals surface area (Å²) in [7, 11) is 1.69. The second kappa shape index (κ2) is 11.0. The van der Waals surface area contributed by atoms with Gasteiger partial charge in [-0.05, 0) is 30.7 Å². The minimum absolute atomic E-state index is 0. The van der Waals surface area contributed by atoms with Crippen LogP contribution < -0.4 is 20.3 Å². The van der Waals surface area contributed by atoms with Crippen LogP contribution in [0.5, 0.6) is 5.75 Å². The standard InChI is InChI=1S/C19H23F2N5O.HI/c1-22-19(24-9-11-27-16-5-2-4-14(20)12-16)25-15-7-10-26(13-15)18-17(21)6-3-8-23-18;/h2-6,8,12,15H,7,9-11,13H2,1H3,(H2,22,24,25);1H. The number of hydrogen-bond donors (Lipinski definition) is 2. The largest absolute Gasteiger partial charge is 0.492 e. The highest BCUT2D eigenvalue weighted by Gasteiger charge is 2.25. The fourth-order valence-electron chi connectivity index (χ4n) is 2.96. The van der Waals surface area contributed by atoms with Gasteiger partial charge in [0, 0.05) is 38.4 Å². The summed E-state index contributed by atoms with van der Waals surface area (Å²) in [4.78, 5) is 10.2. The first-order chi connectivity index (χ1) is 13.2. The first-order valence-electron chi connectivity index (χ1n) is 8.86. The molecule has 1 aromatic carbocycles. The van der Waals surface area contributed by atoms with Crippen LogP contribution in [0.2, 0.25) is 0 Å². The number of halogens is 3. The van der Waals surface area contributed by atoms with Crippen molar-refractivity contribution in [3.8, 4) is 5.75 Å². The molecular weight excluding hydrogens is 479 g/mol. The molecule has 2 heterocycles. The molecular formula is C19H24F2IN5O. The molecule has 1 aliphatic rings. The van der Waals surface area contributed by atoms with Crippen LogP contribution in [0.25, 0.3) is 0 Å². The van der Waals surface area contributed by atoms with E-state index in [1.165, 1.54) is 18.2 Å². The first kappa shape index (κ1) is 22.1. The summed E-state index contributed by atoms with van der Waals surface area (Å²) in [5, 5.41) is 6.48. The topological polar surface area (TPSA) is 61.8 Å². The lowest BCUT2D eigenvalue weighted by molar-refractivity contribution is 0.320. The molecule has 2 aromatic rings. The maximum atomic E-state index is 13.9. The van der Waals surface area contributed by atoms with Crippen molar-refractivity contribution in [3.05, 3.63) is 54.2 Å². The van der Waals surface area contributed by atoms with Crippen molar-refractivity contribution in [2.24, 2.45) is 4.99 Å². The minimum Gasteiger partial charge on any atom is -0.492 e. The number of benzene rings is 1. The van der Waals surface area contributed by atoms with E-state index in [1.807, 2.05) is 4.90 Å². The molecule has 1 saturated heterocycles. The van der Waals surface area contributed by atoms with Crippen LogP contribution in [0.15, 0.2) is 47.6 Å². The van der Waals surface area contributed by atoms with Crippen LogP contribution >= 0.6 is 24.0 Å². The van der Waals surface area contributed by atoms with Crippen LogP contribution in [0.3, 0.4) is 0 Å². The summed E-state index contributed by atoms with van der Waals surface area (Å²) in [5.74, 6) is 0.881. The zero-order valence-corrected chi connectivity index (χ0v) is 17.9. The van der Waals surface area contributed by atoms with E-state index in [2.05, 4.69) is 20.6 Å². The van der Waals surface area contributed by atoms with Gasteiger partial charge in [0.2, 0.25) is 0 Å². The monoisotopic (exact) mass is 503 g/mol. The van der Waals surface area contributed by atoms with Crippen molar-refractivity contribution in [3.63, 3.8) is 0 Å². The van der Waals surface area contributed by atoms with Crippen molar-refractivity contribution in [1.82, 2.24) is 15.6 Å². The Morgan fingerprint density at radius 2 is 2.18 bits per heavy atom. The van der Waals surface area contributed by atoms with Gasteiger partial charge in [-0.2, -0.15) is 0 Å². The van der Waals surface area contributed by atoms with Gasteiger partial charge in [-0.3, -0.25) is 4.99 Å². The molecule has 0 saturated carbocycles. The molecule has 0 amide bonds. The summed E-state index contributed by atoms with van der Waals surface area (Å²) in [6, 6.07) is 9.18. The van der Waals surface area contributed by atoms with E-state index in [9.17, 15) is 8.78 Å². The number of ether oxygens (including phenoxy) is 1. The van der Waals surface area contributed by atoms with Gasteiger partial charge in [-0.15, -0.1) is 24.0 Å². The smallest absolute Gasteiger partial charge is 0.191 e. The fourth-order valence-corrected chi connectivity index (χ4v) is 2.96. The van der Waals surface area contributed by atoms with Gasteiger partial charge < -0.3 is 20.3 Å². The SMILES string of the molecule is CN=C(NCCOc1cccc(F)c1)NC1CCN(c2ncccc2F)C1.I. The molecule has 1 atom stereocenters. The van der Waals surface area contributed by atoms with Crippen LogP contribution in [0.1, 0.15) is 6.42 Å². The normalized spacial score (nSPS) is 16.5. The highest BCUT2D eigenvalue weighted by molar-refractivity contribution is 14.0. The Labute approximate surface area is 180 Å². The molecule has 0 radical (unpaired) electrons. The van der Waals surface area contributed by atoms with Gasteiger partial charge in [0.05, 0.1) is 6.54 Å². The van der Waals surface area contributed by atoms with E-state index < -0.39 is 0 Å². The Kier molecular flexibility index (Phi) is 8.68. The number of nitrogens with one attached hydrogen (secondary N) is 2. The van der Waals surface area contributed by atoms with Gasteiger partial charge in [-0.25, -0.2) is 13.8 Å². The highest BCUT2D eigenvalue weighted by Crippen LogP contribution is 2.20. The van der Waals surface area contributed by atoms with Crippen LogP contribution in [0, 0.1) is 11.6 Å². The lowest BCUT2D eigenvalue weighted by atomic mass is 10.3. The quantitative estimate of drug-likeness (QED) is 0.275. The van der Waals surface area contributed by atoms with Crippen LogP contribution in [-0.2, 0) is 0 Å². The summed E-state index contributed by atoms with van der Waals surface area (Å²) in [6.45, 7) is 2.27. The van der Waals surface area contributed by atoms with Gasteiger partial charge in [0.25, 0.3) is 0 Å². The maximum absolute atomic E-state index is 13.9. The summed E-state index contributed by atoms with van der Waals surface area (Å²) >= 11 is 0. The van der Waals surface area contributed by atoms with Crippen molar-refractivity contribution in [1.29, 1.82) is 0 Å². The Balaban J connectivity index is 0.00000280. The van der Waals surface area contributed by atoms with Crippen molar-refractivity contribution < 1.29 is 13.5 Å². The minimum atomic E-state index is -0.326. The molecule has 1 unspecified atom stereocenters. The molecule has 1 fully saturated rings. The van der Waals surface area contributed by atoms with Crippen LogP contribution in [-0.4, -0.2) is 50.3 Å². The number of guanidine groups is 1. The van der Waals surface area contributed by atoms with E-state index in [4.69, 9.17) is 4.74 Å². The third-order valence-corrected chi connectivity index (χ3v) is 4.25. The average molecular weight is 503 g/mol. The van der Waals surface area contributed by atoms with Crippen LogP contribution in [0.4, 0.5) is 14.6 Å². The molecule has 6 nitrogen and oxygen atoms in total. The van der Waals surface area contributed by atoms with Gasteiger partial charge >= 0.3 is 0 Å². The predicted octanol–water partition coefficient (Wildman–Crippen LogP) is 2.80. The number of aromatic nitrogens is 1. The van der Waals surface area contributed by atoms with E-state index in [0.29, 0.717) is 37.2 Å². The number of pyridine rings is 1. The van der Waals surface area contributed by atoms with Gasteiger partial charge in [0.15, 0.2) is 17.6 Å². The number of hydrogen-bond acceptors (Lipinski definition) is 4. The molecule has 0 spiro atoms. The molecule has 9 heteroatoms. The average Bonchev–Trinajstić information content (AvgIpc) is 3.13. The second-order valence-corrected chi connectivity index (χ2v) is 6.19. The lowest BCUT2D eigenvalue weighted by Crippen LogP contribution is -2.45. The van der Waals surface area contributed by atoms with E-state index >= 15 is 0 Å². The molecule has 1 aromatic heterocycles. The zero-order valence-electron chi connectivity index (χ0n) is 15.6.